The molecule has 0 aliphatic heterocycles. The van der Waals surface area contributed by atoms with Crippen molar-refractivity contribution in [3.8, 4) is 0 Å². The topological polar surface area (TPSA) is 0 Å². The van der Waals surface area contributed by atoms with Gasteiger partial charge in [0.1, 0.15) is 0 Å². The van der Waals surface area contributed by atoms with Crippen molar-refractivity contribution in [3.63, 3.8) is 0 Å². The fraction of sp³-hybridized carbons (Fsp3) is 1.00. The van der Waals surface area contributed by atoms with Crippen molar-refractivity contribution < 1.29 is 0 Å². The van der Waals surface area contributed by atoms with E-state index in [0.717, 1.165) is 5.25 Å². The minimum atomic E-state index is 1.01. The Balaban J connectivity index is 1.91. The molecule has 1 aliphatic rings. The lowest BCUT2D eigenvalue weighted by Crippen LogP contribution is -2.09. The second kappa shape index (κ2) is 7.14. The second-order valence-corrected chi connectivity index (χ2v) is 6.13. The molecule has 0 unspecified atom stereocenters. The van der Waals surface area contributed by atoms with E-state index in [-0.39, 0.29) is 0 Å². The van der Waals surface area contributed by atoms with Crippen LogP contribution in [0.1, 0.15) is 39.0 Å². The number of hydrogen-bond donors (Lipinski definition) is 0. The quantitative estimate of drug-likeness (QED) is 0.625. The summed E-state index contributed by atoms with van der Waals surface area (Å²) < 4.78 is 0. The Labute approximate surface area is 85.3 Å². The van der Waals surface area contributed by atoms with Crippen LogP contribution in [-0.2, 0) is 0 Å². The zero-order chi connectivity index (χ0) is 8.65. The van der Waals surface area contributed by atoms with Gasteiger partial charge in [-0.15, -0.1) is 0 Å². The molecule has 0 spiro atoms. The molecular formula is C10H20S2. The first-order valence-corrected chi connectivity index (χ1v) is 7.33. The summed E-state index contributed by atoms with van der Waals surface area (Å²) in [4.78, 5) is 0. The van der Waals surface area contributed by atoms with E-state index < -0.39 is 0 Å². The van der Waals surface area contributed by atoms with E-state index >= 15 is 0 Å². The van der Waals surface area contributed by atoms with Gasteiger partial charge in [-0.3, -0.25) is 0 Å². The highest BCUT2D eigenvalue weighted by atomic mass is 32.2. The second-order valence-electron chi connectivity index (χ2n) is 3.33. The maximum Gasteiger partial charge on any atom is 0.00473 e. The van der Waals surface area contributed by atoms with Crippen molar-refractivity contribution in [1.82, 2.24) is 0 Å². The summed E-state index contributed by atoms with van der Waals surface area (Å²) in [5.41, 5.74) is 0. The molecule has 0 aromatic rings. The van der Waals surface area contributed by atoms with Gasteiger partial charge in [-0.1, -0.05) is 26.2 Å². The Morgan fingerprint density at radius 1 is 1.08 bits per heavy atom. The van der Waals surface area contributed by atoms with Crippen molar-refractivity contribution >= 4 is 23.5 Å². The molecule has 1 rings (SSSR count). The fourth-order valence-corrected chi connectivity index (χ4v) is 3.79. The van der Waals surface area contributed by atoms with Gasteiger partial charge < -0.3 is 0 Å². The molecule has 0 N–H and O–H groups in total. The lowest BCUT2D eigenvalue weighted by molar-refractivity contribution is 0.516. The third-order valence-corrected chi connectivity index (χ3v) is 4.88. The van der Waals surface area contributed by atoms with Gasteiger partial charge in [-0.25, -0.2) is 0 Å². The maximum atomic E-state index is 2.25. The Kier molecular flexibility index (Phi) is 6.41. The Hall–Kier alpha value is 0.700. The first kappa shape index (κ1) is 10.8. The number of hydrogen-bond acceptors (Lipinski definition) is 2. The van der Waals surface area contributed by atoms with Gasteiger partial charge in [-0.05, 0) is 18.6 Å². The molecule has 12 heavy (non-hydrogen) atoms. The van der Waals surface area contributed by atoms with Crippen LogP contribution in [-0.4, -0.2) is 22.5 Å². The van der Waals surface area contributed by atoms with E-state index in [2.05, 4.69) is 30.4 Å². The third kappa shape index (κ3) is 4.66. The zero-order valence-electron chi connectivity index (χ0n) is 8.05. The number of rotatable bonds is 5. The molecule has 0 heterocycles. The third-order valence-electron chi connectivity index (χ3n) is 2.34. The zero-order valence-corrected chi connectivity index (χ0v) is 9.68. The average molecular weight is 204 g/mol. The predicted molar refractivity (Wildman–Crippen MR) is 62.3 cm³/mol. The van der Waals surface area contributed by atoms with E-state index in [1.807, 2.05) is 0 Å². The van der Waals surface area contributed by atoms with Crippen LogP contribution in [0.25, 0.3) is 0 Å². The average Bonchev–Trinajstić information content (AvgIpc) is 2.14. The molecule has 72 valence electrons. The molecule has 0 saturated heterocycles. The van der Waals surface area contributed by atoms with Crippen LogP contribution in [0.3, 0.4) is 0 Å². The summed E-state index contributed by atoms with van der Waals surface area (Å²) in [6.45, 7) is 2.25. The molecule has 2 heteroatoms. The van der Waals surface area contributed by atoms with Crippen LogP contribution in [0.15, 0.2) is 0 Å². The van der Waals surface area contributed by atoms with Gasteiger partial charge >= 0.3 is 0 Å². The van der Waals surface area contributed by atoms with Gasteiger partial charge in [0.15, 0.2) is 0 Å². The lowest BCUT2D eigenvalue weighted by Gasteiger charge is -2.20. The van der Waals surface area contributed by atoms with Crippen LogP contribution in [0.4, 0.5) is 0 Å². The molecule has 0 atom stereocenters. The molecule has 1 aliphatic carbocycles. The largest absolute Gasteiger partial charge is 0.161 e. The molecule has 0 aromatic carbocycles. The SMILES string of the molecule is CCSCCSC1CCCCC1. The van der Waals surface area contributed by atoms with E-state index in [1.165, 1.54) is 49.4 Å². The minimum absolute atomic E-state index is 1.01. The van der Waals surface area contributed by atoms with Crippen molar-refractivity contribution in [3.05, 3.63) is 0 Å². The molecule has 0 amide bonds. The highest BCUT2D eigenvalue weighted by Gasteiger charge is 2.12. The Bertz CT molecular complexity index is 98.0. The highest BCUT2D eigenvalue weighted by Crippen LogP contribution is 2.28. The van der Waals surface area contributed by atoms with E-state index in [1.54, 1.807) is 0 Å². The molecule has 0 bridgehead atoms. The monoisotopic (exact) mass is 204 g/mol. The molecule has 0 nitrogen and oxygen atoms in total. The molecule has 1 fully saturated rings. The van der Waals surface area contributed by atoms with Crippen molar-refractivity contribution in [2.24, 2.45) is 0 Å². The fourth-order valence-electron chi connectivity index (χ4n) is 1.65. The van der Waals surface area contributed by atoms with Crippen LogP contribution in [0.5, 0.6) is 0 Å². The van der Waals surface area contributed by atoms with Crippen LogP contribution < -0.4 is 0 Å². The molecular weight excluding hydrogens is 184 g/mol. The summed E-state index contributed by atoms with van der Waals surface area (Å²) in [6.07, 6.45) is 7.43. The van der Waals surface area contributed by atoms with Crippen LogP contribution in [0.2, 0.25) is 0 Å². The van der Waals surface area contributed by atoms with E-state index in [4.69, 9.17) is 0 Å². The summed E-state index contributed by atoms with van der Waals surface area (Å²) in [7, 11) is 0. The van der Waals surface area contributed by atoms with Crippen molar-refractivity contribution in [1.29, 1.82) is 0 Å². The predicted octanol–water partition coefficient (Wildman–Crippen LogP) is 3.81. The Morgan fingerprint density at radius 2 is 1.83 bits per heavy atom. The maximum absolute atomic E-state index is 2.25. The Morgan fingerprint density at radius 3 is 2.50 bits per heavy atom. The van der Waals surface area contributed by atoms with Gasteiger partial charge in [0.2, 0.25) is 0 Å². The lowest BCUT2D eigenvalue weighted by atomic mass is 10.0. The van der Waals surface area contributed by atoms with Crippen LogP contribution >= 0.6 is 23.5 Å². The van der Waals surface area contributed by atoms with Gasteiger partial charge in [0.05, 0.1) is 0 Å². The van der Waals surface area contributed by atoms with E-state index in [0.29, 0.717) is 0 Å². The molecule has 1 saturated carbocycles. The summed E-state index contributed by atoms with van der Waals surface area (Å²) in [5.74, 6) is 4.02. The van der Waals surface area contributed by atoms with Crippen LogP contribution in [0, 0.1) is 0 Å². The standard InChI is InChI=1S/C10H20S2/c1-2-11-8-9-12-10-6-4-3-5-7-10/h10H,2-9H2,1H3. The first-order chi connectivity index (χ1) is 5.93. The summed E-state index contributed by atoms with van der Waals surface area (Å²) in [5, 5.41) is 1.01. The molecule has 0 aromatic heterocycles. The van der Waals surface area contributed by atoms with Gasteiger partial charge in [0, 0.05) is 16.8 Å². The van der Waals surface area contributed by atoms with E-state index in [9.17, 15) is 0 Å². The normalized spacial score (nSPS) is 19.8. The number of thioether (sulfide) groups is 2. The van der Waals surface area contributed by atoms with Crippen molar-refractivity contribution in [2.75, 3.05) is 17.3 Å². The first-order valence-electron chi connectivity index (χ1n) is 5.13. The van der Waals surface area contributed by atoms with Gasteiger partial charge in [0.25, 0.3) is 0 Å². The van der Waals surface area contributed by atoms with Gasteiger partial charge in [-0.2, -0.15) is 23.5 Å². The summed E-state index contributed by atoms with van der Waals surface area (Å²) >= 11 is 4.29. The summed E-state index contributed by atoms with van der Waals surface area (Å²) in [6, 6.07) is 0. The highest BCUT2D eigenvalue weighted by molar-refractivity contribution is 8.03. The molecule has 0 radical (unpaired) electrons. The van der Waals surface area contributed by atoms with Crippen molar-refractivity contribution in [2.45, 2.75) is 44.3 Å². The smallest absolute Gasteiger partial charge is 0.00473 e. The minimum Gasteiger partial charge on any atom is -0.161 e.